The molecule has 0 saturated heterocycles. The number of hydrogen-bond donors (Lipinski definition) is 1. The molecule has 0 aliphatic rings. The summed E-state index contributed by atoms with van der Waals surface area (Å²) < 4.78 is 19.7. The summed E-state index contributed by atoms with van der Waals surface area (Å²) in [5.74, 6) is -1.23. The normalized spacial score (nSPS) is 14.3. The van der Waals surface area contributed by atoms with E-state index in [4.69, 9.17) is 4.55 Å². The lowest BCUT2D eigenvalue weighted by Crippen LogP contribution is -2.32. The molecule has 0 heterocycles. The van der Waals surface area contributed by atoms with Crippen molar-refractivity contribution < 1.29 is 18.4 Å². The molecule has 15 heavy (non-hydrogen) atoms. The van der Waals surface area contributed by atoms with Gasteiger partial charge < -0.3 is 4.55 Å². The van der Waals surface area contributed by atoms with Gasteiger partial charge in [-0.25, -0.2) is 4.21 Å². The number of Topliss-reactive ketones (excluding diaryl/α,β-unsaturated/α-hetero) is 2. The summed E-state index contributed by atoms with van der Waals surface area (Å²) in [4.78, 5) is 22.7. The van der Waals surface area contributed by atoms with E-state index in [-0.39, 0.29) is 5.56 Å². The maximum atomic E-state index is 11.7. The van der Waals surface area contributed by atoms with E-state index in [1.807, 2.05) is 0 Å². The second-order valence-corrected chi connectivity index (χ2v) is 4.02. The van der Waals surface area contributed by atoms with E-state index < -0.39 is 27.9 Å². The summed E-state index contributed by atoms with van der Waals surface area (Å²) in [5.41, 5.74) is 0.264. The predicted molar refractivity (Wildman–Crippen MR) is 56.0 cm³/mol. The van der Waals surface area contributed by atoms with Crippen molar-refractivity contribution in [1.29, 1.82) is 0 Å². The highest BCUT2D eigenvalue weighted by molar-refractivity contribution is 7.81. The first-order valence-corrected chi connectivity index (χ1v) is 5.40. The highest BCUT2D eigenvalue weighted by Gasteiger charge is 2.29. The van der Waals surface area contributed by atoms with Gasteiger partial charge in [-0.3, -0.25) is 9.59 Å². The number of benzene rings is 1. The Morgan fingerprint density at radius 1 is 1.27 bits per heavy atom. The van der Waals surface area contributed by atoms with Crippen LogP contribution in [0, 0.1) is 0 Å². The van der Waals surface area contributed by atoms with E-state index >= 15 is 0 Å². The molecule has 2 atom stereocenters. The lowest BCUT2D eigenvalue weighted by atomic mass is 10.1. The van der Waals surface area contributed by atoms with Crippen LogP contribution in [0.25, 0.3) is 0 Å². The molecule has 80 valence electrons. The monoisotopic (exact) mass is 226 g/mol. The lowest BCUT2D eigenvalue weighted by molar-refractivity contribution is -0.115. The third kappa shape index (κ3) is 2.81. The zero-order chi connectivity index (χ0) is 11.4. The van der Waals surface area contributed by atoms with Crippen molar-refractivity contribution in [2.45, 2.75) is 12.2 Å². The fraction of sp³-hybridized carbons (Fsp3) is 0.200. The van der Waals surface area contributed by atoms with Crippen LogP contribution in [0.4, 0.5) is 0 Å². The zero-order valence-electron chi connectivity index (χ0n) is 8.04. The summed E-state index contributed by atoms with van der Waals surface area (Å²) in [5, 5.41) is -1.48. The maximum absolute atomic E-state index is 11.7. The topological polar surface area (TPSA) is 71.4 Å². The Morgan fingerprint density at radius 3 is 2.20 bits per heavy atom. The fourth-order valence-electron chi connectivity index (χ4n) is 1.17. The van der Waals surface area contributed by atoms with Gasteiger partial charge in [0, 0.05) is 5.56 Å². The van der Waals surface area contributed by atoms with Crippen molar-refractivity contribution >= 4 is 22.6 Å². The van der Waals surface area contributed by atoms with Crippen LogP contribution in [0.2, 0.25) is 0 Å². The van der Waals surface area contributed by atoms with Crippen LogP contribution in [0.3, 0.4) is 0 Å². The summed E-state index contributed by atoms with van der Waals surface area (Å²) >= 11 is -2.46. The van der Waals surface area contributed by atoms with Crippen LogP contribution in [-0.4, -0.2) is 25.6 Å². The van der Waals surface area contributed by atoms with Gasteiger partial charge in [-0.05, 0) is 6.92 Å². The average molecular weight is 226 g/mol. The summed E-state index contributed by atoms with van der Waals surface area (Å²) in [6, 6.07) is 7.99. The largest absolute Gasteiger partial charge is 0.305 e. The SMILES string of the molecule is CC(=O)C(C(=O)c1ccccc1)S(=O)O. The molecular formula is C10H10O4S. The molecule has 0 spiro atoms. The maximum Gasteiger partial charge on any atom is 0.188 e. The van der Waals surface area contributed by atoms with Crippen molar-refractivity contribution in [2.75, 3.05) is 0 Å². The predicted octanol–water partition coefficient (Wildman–Crippen LogP) is 1.05. The number of hydrogen-bond acceptors (Lipinski definition) is 3. The van der Waals surface area contributed by atoms with Gasteiger partial charge in [0.15, 0.2) is 27.9 Å². The minimum atomic E-state index is -2.46. The number of carbonyl (C=O) groups is 2. The molecule has 1 aromatic rings. The third-order valence-electron chi connectivity index (χ3n) is 1.87. The first-order valence-electron chi connectivity index (χ1n) is 4.23. The van der Waals surface area contributed by atoms with E-state index in [2.05, 4.69) is 0 Å². The van der Waals surface area contributed by atoms with Gasteiger partial charge in [0.2, 0.25) is 0 Å². The Kier molecular flexibility index (Phi) is 3.88. The molecule has 0 amide bonds. The van der Waals surface area contributed by atoms with Crippen LogP contribution < -0.4 is 0 Å². The van der Waals surface area contributed by atoms with Crippen LogP contribution in [0.15, 0.2) is 30.3 Å². The van der Waals surface area contributed by atoms with E-state index in [1.54, 1.807) is 18.2 Å². The van der Waals surface area contributed by atoms with Gasteiger partial charge in [0.1, 0.15) is 0 Å². The van der Waals surface area contributed by atoms with Crippen molar-refractivity contribution in [3.63, 3.8) is 0 Å². The molecule has 0 aliphatic heterocycles. The Hall–Kier alpha value is -1.33. The van der Waals surface area contributed by atoms with Gasteiger partial charge in [-0.15, -0.1) is 0 Å². The van der Waals surface area contributed by atoms with Crippen LogP contribution in [0.1, 0.15) is 17.3 Å². The van der Waals surface area contributed by atoms with E-state index in [1.165, 1.54) is 12.1 Å². The van der Waals surface area contributed by atoms with E-state index in [0.29, 0.717) is 0 Å². The third-order valence-corrected chi connectivity index (χ3v) is 2.82. The molecule has 0 fully saturated rings. The molecule has 0 bridgehead atoms. The standard InChI is InChI=1S/C10H10O4S/c1-7(11)10(15(13)14)9(12)8-5-3-2-4-6-8/h2-6,10H,1H3,(H,13,14). The van der Waals surface area contributed by atoms with Crippen molar-refractivity contribution in [2.24, 2.45) is 0 Å². The fourth-order valence-corrected chi connectivity index (χ4v) is 1.78. The van der Waals surface area contributed by atoms with Crippen LogP contribution >= 0.6 is 0 Å². The quantitative estimate of drug-likeness (QED) is 0.473. The van der Waals surface area contributed by atoms with Crippen LogP contribution in [0.5, 0.6) is 0 Å². The molecule has 5 heteroatoms. The Bertz CT molecular complexity index is 385. The van der Waals surface area contributed by atoms with Gasteiger partial charge in [0.05, 0.1) is 0 Å². The van der Waals surface area contributed by atoms with E-state index in [9.17, 15) is 13.8 Å². The smallest absolute Gasteiger partial charge is 0.188 e. The molecule has 0 aliphatic carbocycles. The molecule has 2 unspecified atom stereocenters. The molecule has 4 nitrogen and oxygen atoms in total. The Morgan fingerprint density at radius 2 is 1.80 bits per heavy atom. The zero-order valence-corrected chi connectivity index (χ0v) is 8.86. The number of rotatable bonds is 4. The van der Waals surface area contributed by atoms with Gasteiger partial charge in [0.25, 0.3) is 0 Å². The Labute approximate surface area is 89.6 Å². The van der Waals surface area contributed by atoms with E-state index in [0.717, 1.165) is 6.92 Å². The minimum Gasteiger partial charge on any atom is -0.305 e. The number of ketones is 2. The highest BCUT2D eigenvalue weighted by Crippen LogP contribution is 2.08. The first-order chi connectivity index (χ1) is 7.04. The molecule has 0 aromatic heterocycles. The Balaban J connectivity index is 3.02. The average Bonchev–Trinajstić information content (AvgIpc) is 2.18. The number of carbonyl (C=O) groups excluding carboxylic acids is 2. The summed E-state index contributed by atoms with van der Waals surface area (Å²) in [6.45, 7) is 1.12. The molecular weight excluding hydrogens is 216 g/mol. The highest BCUT2D eigenvalue weighted by atomic mass is 32.2. The molecule has 0 saturated carbocycles. The molecule has 1 N–H and O–H groups in total. The molecule has 0 radical (unpaired) electrons. The lowest BCUT2D eigenvalue weighted by Gasteiger charge is -2.07. The molecule has 1 rings (SSSR count). The first kappa shape index (κ1) is 11.7. The second-order valence-electron chi connectivity index (χ2n) is 3.00. The minimum absolute atomic E-state index is 0.264. The second kappa shape index (κ2) is 4.95. The van der Waals surface area contributed by atoms with Gasteiger partial charge in [-0.2, -0.15) is 0 Å². The van der Waals surface area contributed by atoms with Crippen molar-refractivity contribution in [3.05, 3.63) is 35.9 Å². The summed E-state index contributed by atoms with van der Waals surface area (Å²) in [6.07, 6.45) is 0. The van der Waals surface area contributed by atoms with Crippen molar-refractivity contribution in [3.8, 4) is 0 Å². The van der Waals surface area contributed by atoms with Crippen LogP contribution in [-0.2, 0) is 15.9 Å². The van der Waals surface area contributed by atoms with Gasteiger partial charge >= 0.3 is 0 Å². The van der Waals surface area contributed by atoms with Gasteiger partial charge in [-0.1, -0.05) is 30.3 Å². The van der Waals surface area contributed by atoms with Crippen molar-refractivity contribution in [1.82, 2.24) is 0 Å². The molecule has 1 aromatic carbocycles. The summed E-state index contributed by atoms with van der Waals surface area (Å²) in [7, 11) is 0.